The van der Waals surface area contributed by atoms with Crippen molar-refractivity contribution in [2.45, 2.75) is 13.0 Å². The summed E-state index contributed by atoms with van der Waals surface area (Å²) in [5, 5.41) is 3.43. The first-order valence-corrected chi connectivity index (χ1v) is 7.20. The van der Waals surface area contributed by atoms with Crippen LogP contribution >= 0.6 is 0 Å². The standard InChI is InChI=1S/C19H21NO2/c1-4-19(2,18(21)22-3)17(15-11-7-5-8-12-15)20-16-13-9-6-10-14-16/h4-14,17,20H,1H2,2-3H3. The Bertz CT molecular complexity index is 624. The third-order valence-electron chi connectivity index (χ3n) is 3.87. The number of esters is 1. The summed E-state index contributed by atoms with van der Waals surface area (Å²) in [6.45, 7) is 5.68. The lowest BCUT2D eigenvalue weighted by Gasteiger charge is -2.34. The van der Waals surface area contributed by atoms with Crippen LogP contribution in [-0.4, -0.2) is 13.1 Å². The second-order valence-electron chi connectivity index (χ2n) is 5.33. The number of hydrogen-bond acceptors (Lipinski definition) is 3. The zero-order chi connectivity index (χ0) is 16.0. The molecule has 0 radical (unpaired) electrons. The van der Waals surface area contributed by atoms with E-state index in [0.29, 0.717) is 0 Å². The van der Waals surface area contributed by atoms with Crippen molar-refractivity contribution in [1.82, 2.24) is 0 Å². The molecule has 2 aromatic carbocycles. The van der Waals surface area contributed by atoms with Crippen LogP contribution in [0.15, 0.2) is 73.3 Å². The van der Waals surface area contributed by atoms with Gasteiger partial charge in [-0.3, -0.25) is 4.79 Å². The van der Waals surface area contributed by atoms with Crippen molar-refractivity contribution in [3.05, 3.63) is 78.9 Å². The maximum Gasteiger partial charge on any atom is 0.317 e. The number of methoxy groups -OCH3 is 1. The van der Waals surface area contributed by atoms with Crippen LogP contribution in [0.2, 0.25) is 0 Å². The van der Waals surface area contributed by atoms with Gasteiger partial charge in [0.2, 0.25) is 0 Å². The van der Waals surface area contributed by atoms with Gasteiger partial charge in [-0.15, -0.1) is 6.58 Å². The molecule has 0 saturated heterocycles. The molecule has 1 N–H and O–H groups in total. The topological polar surface area (TPSA) is 38.3 Å². The van der Waals surface area contributed by atoms with Crippen molar-refractivity contribution in [2.75, 3.05) is 12.4 Å². The number of nitrogens with one attached hydrogen (secondary N) is 1. The van der Waals surface area contributed by atoms with E-state index in [9.17, 15) is 4.79 Å². The van der Waals surface area contributed by atoms with Crippen molar-refractivity contribution >= 4 is 11.7 Å². The molecule has 0 saturated carbocycles. The average molecular weight is 295 g/mol. The first-order valence-electron chi connectivity index (χ1n) is 7.20. The van der Waals surface area contributed by atoms with Crippen molar-refractivity contribution < 1.29 is 9.53 Å². The van der Waals surface area contributed by atoms with Gasteiger partial charge in [0.25, 0.3) is 0 Å². The molecule has 0 spiro atoms. The molecular formula is C19H21NO2. The Labute approximate surface area is 131 Å². The second kappa shape index (κ2) is 6.94. The van der Waals surface area contributed by atoms with Gasteiger partial charge in [-0.1, -0.05) is 54.6 Å². The van der Waals surface area contributed by atoms with Crippen LogP contribution in [0.5, 0.6) is 0 Å². The monoisotopic (exact) mass is 295 g/mol. The van der Waals surface area contributed by atoms with E-state index in [0.717, 1.165) is 11.3 Å². The van der Waals surface area contributed by atoms with E-state index in [1.807, 2.05) is 67.6 Å². The molecule has 0 aliphatic carbocycles. The first-order chi connectivity index (χ1) is 10.6. The lowest BCUT2D eigenvalue weighted by molar-refractivity contribution is -0.149. The lowest BCUT2D eigenvalue weighted by atomic mass is 9.78. The molecule has 0 aliphatic rings. The molecular weight excluding hydrogens is 274 g/mol. The molecule has 0 amide bonds. The summed E-state index contributed by atoms with van der Waals surface area (Å²) in [5.41, 5.74) is 1.05. The fourth-order valence-corrected chi connectivity index (χ4v) is 2.46. The lowest BCUT2D eigenvalue weighted by Crippen LogP contribution is -2.37. The number of rotatable bonds is 6. The number of ether oxygens (including phenoxy) is 1. The highest BCUT2D eigenvalue weighted by Gasteiger charge is 2.40. The second-order valence-corrected chi connectivity index (χ2v) is 5.33. The number of carbonyl (C=O) groups excluding carboxylic acids is 1. The Balaban J connectivity index is 2.45. The van der Waals surface area contributed by atoms with Crippen molar-refractivity contribution in [2.24, 2.45) is 5.41 Å². The summed E-state index contributed by atoms with van der Waals surface area (Å²) < 4.78 is 5.00. The molecule has 2 unspecified atom stereocenters. The van der Waals surface area contributed by atoms with Crippen molar-refractivity contribution in [3.63, 3.8) is 0 Å². The van der Waals surface area contributed by atoms with Gasteiger partial charge in [0.1, 0.15) is 5.41 Å². The maximum absolute atomic E-state index is 12.3. The predicted octanol–water partition coefficient (Wildman–Crippen LogP) is 4.21. The summed E-state index contributed by atoms with van der Waals surface area (Å²) >= 11 is 0. The number of benzene rings is 2. The Morgan fingerprint density at radius 2 is 1.68 bits per heavy atom. The van der Waals surface area contributed by atoms with Gasteiger partial charge in [-0.25, -0.2) is 0 Å². The molecule has 0 heterocycles. The van der Waals surface area contributed by atoms with E-state index in [1.165, 1.54) is 7.11 Å². The Hall–Kier alpha value is -2.55. The SMILES string of the molecule is C=CC(C)(C(=O)OC)C(Nc1ccccc1)c1ccccc1. The van der Waals surface area contributed by atoms with Crippen LogP contribution in [0.25, 0.3) is 0 Å². The van der Waals surface area contributed by atoms with E-state index < -0.39 is 5.41 Å². The minimum atomic E-state index is -0.883. The number of hydrogen-bond donors (Lipinski definition) is 1. The zero-order valence-electron chi connectivity index (χ0n) is 13.0. The highest BCUT2D eigenvalue weighted by Crippen LogP contribution is 2.38. The molecule has 0 aliphatic heterocycles. The third kappa shape index (κ3) is 3.19. The maximum atomic E-state index is 12.3. The molecule has 2 atom stereocenters. The minimum Gasteiger partial charge on any atom is -0.468 e. The van der Waals surface area contributed by atoms with Gasteiger partial charge in [0.05, 0.1) is 13.2 Å². The van der Waals surface area contributed by atoms with Gasteiger partial charge in [-0.2, -0.15) is 0 Å². The average Bonchev–Trinajstić information content (AvgIpc) is 2.60. The van der Waals surface area contributed by atoms with Gasteiger partial charge in [0, 0.05) is 5.69 Å². The van der Waals surface area contributed by atoms with Crippen molar-refractivity contribution in [1.29, 1.82) is 0 Å². The van der Waals surface area contributed by atoms with Crippen molar-refractivity contribution in [3.8, 4) is 0 Å². The molecule has 2 rings (SSSR count). The Morgan fingerprint density at radius 3 is 2.18 bits per heavy atom. The molecule has 114 valence electrons. The van der Waals surface area contributed by atoms with E-state index in [1.54, 1.807) is 6.08 Å². The quantitative estimate of drug-likeness (QED) is 0.641. The van der Waals surface area contributed by atoms with Crippen LogP contribution in [0.3, 0.4) is 0 Å². The highest BCUT2D eigenvalue weighted by molar-refractivity contribution is 5.80. The number of carbonyl (C=O) groups is 1. The molecule has 22 heavy (non-hydrogen) atoms. The fraction of sp³-hybridized carbons (Fsp3) is 0.211. The van der Waals surface area contributed by atoms with Gasteiger partial charge in [-0.05, 0) is 24.6 Å². The normalized spacial score (nSPS) is 14.5. The first kappa shape index (κ1) is 15.8. The smallest absolute Gasteiger partial charge is 0.317 e. The molecule has 2 aromatic rings. The molecule has 3 nitrogen and oxygen atoms in total. The zero-order valence-corrected chi connectivity index (χ0v) is 13.0. The van der Waals surface area contributed by atoms with Crippen LogP contribution in [0.1, 0.15) is 18.5 Å². The van der Waals surface area contributed by atoms with E-state index in [4.69, 9.17) is 4.74 Å². The summed E-state index contributed by atoms with van der Waals surface area (Å²) in [7, 11) is 1.40. The molecule has 0 fully saturated rings. The van der Waals surface area contributed by atoms with Crippen LogP contribution in [0, 0.1) is 5.41 Å². The summed E-state index contributed by atoms with van der Waals surface area (Å²) in [5.74, 6) is -0.320. The Morgan fingerprint density at radius 1 is 1.14 bits per heavy atom. The summed E-state index contributed by atoms with van der Waals surface area (Å²) in [6, 6.07) is 19.4. The highest BCUT2D eigenvalue weighted by atomic mass is 16.5. The van der Waals surface area contributed by atoms with E-state index in [2.05, 4.69) is 11.9 Å². The van der Waals surface area contributed by atoms with Gasteiger partial charge < -0.3 is 10.1 Å². The van der Waals surface area contributed by atoms with E-state index in [-0.39, 0.29) is 12.0 Å². The summed E-state index contributed by atoms with van der Waals surface area (Å²) in [6.07, 6.45) is 1.65. The number of anilines is 1. The van der Waals surface area contributed by atoms with Gasteiger partial charge >= 0.3 is 5.97 Å². The van der Waals surface area contributed by atoms with Crippen LogP contribution < -0.4 is 5.32 Å². The van der Waals surface area contributed by atoms with Crippen LogP contribution in [-0.2, 0) is 9.53 Å². The summed E-state index contributed by atoms with van der Waals surface area (Å²) in [4.78, 5) is 12.3. The predicted molar refractivity (Wildman–Crippen MR) is 89.6 cm³/mol. The third-order valence-corrected chi connectivity index (χ3v) is 3.87. The molecule has 0 aromatic heterocycles. The minimum absolute atomic E-state index is 0.277. The Kier molecular flexibility index (Phi) is 4.99. The largest absolute Gasteiger partial charge is 0.468 e. The van der Waals surface area contributed by atoms with E-state index >= 15 is 0 Å². The van der Waals surface area contributed by atoms with Gasteiger partial charge in [0.15, 0.2) is 0 Å². The fourth-order valence-electron chi connectivity index (χ4n) is 2.46. The molecule has 3 heteroatoms. The molecule has 0 bridgehead atoms. The van der Waals surface area contributed by atoms with Crippen LogP contribution in [0.4, 0.5) is 5.69 Å². The number of para-hydroxylation sites is 1.